The van der Waals surface area contributed by atoms with E-state index in [9.17, 15) is 14.7 Å². The van der Waals surface area contributed by atoms with Crippen LogP contribution in [0.25, 0.3) is 0 Å². The van der Waals surface area contributed by atoms with E-state index >= 15 is 0 Å². The number of aliphatic hydroxyl groups is 1. The summed E-state index contributed by atoms with van der Waals surface area (Å²) >= 11 is 4.66. The number of piperazine rings is 1. The van der Waals surface area contributed by atoms with E-state index in [-0.39, 0.29) is 12.2 Å². The lowest BCUT2D eigenvalue weighted by atomic mass is 9.89. The molecule has 1 saturated heterocycles. The Morgan fingerprint density at radius 2 is 1.89 bits per heavy atom. The Kier molecular flexibility index (Phi) is 5.41. The van der Waals surface area contributed by atoms with Crippen molar-refractivity contribution in [2.45, 2.75) is 12.0 Å². The molecule has 1 aromatic heterocycles. The molecule has 2 aliphatic rings. The van der Waals surface area contributed by atoms with Crippen molar-refractivity contribution in [1.29, 1.82) is 0 Å². The molecule has 0 saturated carbocycles. The fourth-order valence-electron chi connectivity index (χ4n) is 3.79. The van der Waals surface area contributed by atoms with Crippen LogP contribution in [0.15, 0.2) is 40.2 Å². The molecule has 1 amide bonds. The summed E-state index contributed by atoms with van der Waals surface area (Å²) in [6.45, 7) is 4.04. The maximum absolute atomic E-state index is 13.3. The predicted molar refractivity (Wildman–Crippen MR) is 113 cm³/mol. The first kappa shape index (κ1) is 19.7. The van der Waals surface area contributed by atoms with E-state index in [4.69, 9.17) is 0 Å². The van der Waals surface area contributed by atoms with E-state index in [1.807, 2.05) is 12.1 Å². The van der Waals surface area contributed by atoms with Gasteiger partial charge in [0.2, 0.25) is 0 Å². The van der Waals surface area contributed by atoms with Gasteiger partial charge in [-0.3, -0.25) is 19.4 Å². The van der Waals surface area contributed by atoms with Gasteiger partial charge in [0.05, 0.1) is 27.4 Å². The summed E-state index contributed by atoms with van der Waals surface area (Å²) in [7, 11) is 2.08. The zero-order chi connectivity index (χ0) is 19.9. The molecule has 0 bridgehead atoms. The molecule has 3 heterocycles. The summed E-state index contributed by atoms with van der Waals surface area (Å²) in [6.07, 6.45) is -0.255. The zero-order valence-corrected chi connectivity index (χ0v) is 18.0. The molecule has 2 aromatic rings. The number of ketones is 1. The largest absolute Gasteiger partial charge is 0.375 e. The summed E-state index contributed by atoms with van der Waals surface area (Å²) in [5.74, 6) is -0.653. The maximum Gasteiger partial charge on any atom is 0.265 e. The van der Waals surface area contributed by atoms with Gasteiger partial charge in [-0.2, -0.15) is 0 Å². The second kappa shape index (κ2) is 7.68. The van der Waals surface area contributed by atoms with Crippen molar-refractivity contribution in [3.8, 4) is 0 Å². The van der Waals surface area contributed by atoms with Gasteiger partial charge in [0.1, 0.15) is 0 Å². The first-order chi connectivity index (χ1) is 13.4. The van der Waals surface area contributed by atoms with Crippen molar-refractivity contribution >= 4 is 44.6 Å². The van der Waals surface area contributed by atoms with Crippen LogP contribution in [-0.2, 0) is 10.4 Å². The molecule has 28 heavy (non-hydrogen) atoms. The lowest BCUT2D eigenvalue weighted by Gasteiger charge is -2.35. The van der Waals surface area contributed by atoms with Crippen molar-refractivity contribution < 1.29 is 14.7 Å². The average molecular weight is 464 g/mol. The molecule has 8 heteroatoms. The average Bonchev–Trinajstić information content (AvgIpc) is 3.20. The lowest BCUT2D eigenvalue weighted by Crippen LogP contribution is -2.51. The van der Waals surface area contributed by atoms with E-state index < -0.39 is 11.5 Å². The SMILES string of the molecule is CN1CCN(CN2C(=O)[C@@](O)(CC(=O)c3ccc(Br)s3)c3ccccc32)CC1. The highest BCUT2D eigenvalue weighted by Gasteiger charge is 2.51. The van der Waals surface area contributed by atoms with Crippen LogP contribution in [0.5, 0.6) is 0 Å². The number of Topliss-reactive ketones (excluding diaryl/α,β-unsaturated/α-hetero) is 1. The van der Waals surface area contributed by atoms with Gasteiger partial charge in [-0.1, -0.05) is 18.2 Å². The van der Waals surface area contributed by atoms with Crippen LogP contribution < -0.4 is 4.90 Å². The summed E-state index contributed by atoms with van der Waals surface area (Å²) in [5, 5.41) is 11.3. The van der Waals surface area contributed by atoms with E-state index in [1.54, 1.807) is 29.2 Å². The maximum atomic E-state index is 13.3. The number of halogens is 1. The molecule has 1 N–H and O–H groups in total. The minimum Gasteiger partial charge on any atom is -0.375 e. The number of thiophene rings is 1. The van der Waals surface area contributed by atoms with Gasteiger partial charge in [-0.05, 0) is 41.2 Å². The molecule has 148 valence electrons. The quantitative estimate of drug-likeness (QED) is 0.690. The Hall–Kier alpha value is -1.58. The fraction of sp³-hybridized carbons (Fsp3) is 0.400. The van der Waals surface area contributed by atoms with Crippen LogP contribution in [0.4, 0.5) is 5.69 Å². The third kappa shape index (κ3) is 3.55. The standard InChI is InChI=1S/C20H22BrN3O3S/c1-22-8-10-23(11-9-22)13-24-15-5-3-2-4-14(15)20(27,19(24)26)12-16(25)17-6-7-18(21)28-17/h2-7,27H,8-13H2,1H3/t20-/m1/s1. The van der Waals surface area contributed by atoms with Gasteiger partial charge < -0.3 is 10.0 Å². The van der Waals surface area contributed by atoms with Crippen LogP contribution in [0.1, 0.15) is 21.7 Å². The second-order valence-corrected chi connectivity index (χ2v) is 9.84. The number of anilines is 1. The molecule has 0 unspecified atom stereocenters. The molecule has 4 rings (SSSR count). The molecule has 0 radical (unpaired) electrons. The van der Waals surface area contributed by atoms with Gasteiger partial charge in [-0.15, -0.1) is 11.3 Å². The summed E-state index contributed by atoms with van der Waals surface area (Å²) in [6, 6.07) is 10.7. The summed E-state index contributed by atoms with van der Waals surface area (Å²) < 4.78 is 0.845. The van der Waals surface area contributed by atoms with Gasteiger partial charge in [-0.25, -0.2) is 0 Å². The molecule has 1 aromatic carbocycles. The highest BCUT2D eigenvalue weighted by molar-refractivity contribution is 9.11. The molecular weight excluding hydrogens is 442 g/mol. The van der Waals surface area contributed by atoms with Crippen molar-refractivity contribution in [3.63, 3.8) is 0 Å². The molecule has 2 aliphatic heterocycles. The number of hydrogen-bond acceptors (Lipinski definition) is 6. The monoisotopic (exact) mass is 463 g/mol. The second-order valence-electron chi connectivity index (χ2n) is 7.38. The number of carbonyl (C=O) groups is 2. The number of likely N-dealkylation sites (N-methyl/N-ethyl adjacent to an activating group) is 1. The first-order valence-corrected chi connectivity index (χ1v) is 10.8. The highest BCUT2D eigenvalue weighted by atomic mass is 79.9. The number of carbonyl (C=O) groups excluding carboxylic acids is 2. The Balaban J connectivity index is 1.59. The molecule has 6 nitrogen and oxygen atoms in total. The Bertz CT molecular complexity index is 910. The number of fused-ring (bicyclic) bond motifs is 1. The third-order valence-electron chi connectivity index (χ3n) is 5.44. The molecular formula is C20H22BrN3O3S. The topological polar surface area (TPSA) is 64.1 Å². The molecule has 0 aliphatic carbocycles. The van der Waals surface area contributed by atoms with Crippen LogP contribution >= 0.6 is 27.3 Å². The lowest BCUT2D eigenvalue weighted by molar-refractivity contribution is -0.136. The van der Waals surface area contributed by atoms with Gasteiger partial charge >= 0.3 is 0 Å². The van der Waals surface area contributed by atoms with Gasteiger partial charge in [0.15, 0.2) is 11.4 Å². The van der Waals surface area contributed by atoms with Gasteiger partial charge in [0, 0.05) is 31.7 Å². The van der Waals surface area contributed by atoms with Crippen molar-refractivity contribution in [2.24, 2.45) is 0 Å². The van der Waals surface area contributed by atoms with E-state index in [0.717, 1.165) is 30.0 Å². The fourth-order valence-corrected chi connectivity index (χ4v) is 5.11. The van der Waals surface area contributed by atoms with Crippen LogP contribution in [0.3, 0.4) is 0 Å². The molecule has 1 fully saturated rings. The Morgan fingerprint density at radius 3 is 2.57 bits per heavy atom. The Labute approximate surface area is 176 Å². The van der Waals surface area contributed by atoms with E-state index in [0.29, 0.717) is 22.8 Å². The van der Waals surface area contributed by atoms with E-state index in [2.05, 4.69) is 32.8 Å². The third-order valence-corrected chi connectivity index (χ3v) is 7.11. The molecule has 0 spiro atoms. The van der Waals surface area contributed by atoms with Crippen LogP contribution in [0.2, 0.25) is 0 Å². The van der Waals surface area contributed by atoms with Crippen LogP contribution in [-0.4, -0.2) is 66.5 Å². The smallest absolute Gasteiger partial charge is 0.265 e. The number of para-hydroxylation sites is 1. The number of nitrogens with zero attached hydrogens (tertiary/aromatic N) is 3. The van der Waals surface area contributed by atoms with Crippen molar-refractivity contribution in [3.05, 3.63) is 50.6 Å². The number of rotatable bonds is 5. The minimum absolute atomic E-state index is 0.234. The predicted octanol–water partition coefficient (Wildman–Crippen LogP) is 2.52. The summed E-state index contributed by atoms with van der Waals surface area (Å²) in [4.78, 5) is 32.6. The van der Waals surface area contributed by atoms with Gasteiger partial charge in [0.25, 0.3) is 5.91 Å². The van der Waals surface area contributed by atoms with Crippen molar-refractivity contribution in [1.82, 2.24) is 9.80 Å². The van der Waals surface area contributed by atoms with Crippen LogP contribution in [0, 0.1) is 0 Å². The van der Waals surface area contributed by atoms with E-state index in [1.165, 1.54) is 11.3 Å². The normalized spacial score (nSPS) is 23.2. The minimum atomic E-state index is -1.82. The summed E-state index contributed by atoms with van der Waals surface area (Å²) in [5.41, 5.74) is -0.622. The highest BCUT2D eigenvalue weighted by Crippen LogP contribution is 2.43. The number of hydrogen-bond donors (Lipinski definition) is 1. The number of amides is 1. The zero-order valence-electron chi connectivity index (χ0n) is 15.6. The Morgan fingerprint density at radius 1 is 1.18 bits per heavy atom. The first-order valence-electron chi connectivity index (χ1n) is 9.22. The molecule has 1 atom stereocenters. The number of benzene rings is 1. The van der Waals surface area contributed by atoms with Crippen molar-refractivity contribution in [2.75, 3.05) is 44.8 Å².